The van der Waals surface area contributed by atoms with E-state index in [1.807, 2.05) is 48.0 Å². The van der Waals surface area contributed by atoms with Gasteiger partial charge in [-0.25, -0.2) is 18.4 Å². The number of nitrogens with one attached hydrogen (secondary N) is 1. The van der Waals surface area contributed by atoms with Crippen LogP contribution < -0.4 is 4.72 Å². The zero-order valence-corrected chi connectivity index (χ0v) is 15.6. The number of nitrogens with zero attached hydrogens (tertiary/aromatic N) is 3. The molecule has 0 saturated heterocycles. The molecule has 26 heavy (non-hydrogen) atoms. The van der Waals surface area contributed by atoms with Gasteiger partial charge < -0.3 is 0 Å². The molecule has 0 radical (unpaired) electrons. The van der Waals surface area contributed by atoms with Crippen LogP contribution in [0.2, 0.25) is 0 Å². The number of aromatic nitrogens is 3. The van der Waals surface area contributed by atoms with E-state index in [1.165, 1.54) is 11.3 Å². The molecular weight excluding hydrogens is 368 g/mol. The maximum atomic E-state index is 12.5. The van der Waals surface area contributed by atoms with Crippen molar-refractivity contribution in [2.24, 2.45) is 0 Å². The zero-order valence-electron chi connectivity index (χ0n) is 14.0. The van der Waals surface area contributed by atoms with Gasteiger partial charge in [-0.1, -0.05) is 19.1 Å². The smallest absolute Gasteiger partial charge is 0.271 e. The number of thiophene rings is 1. The fraction of sp³-hybridized carbons (Fsp3) is 0.111. The topological polar surface area (TPSA) is 76.4 Å². The van der Waals surface area contributed by atoms with Gasteiger partial charge >= 0.3 is 0 Å². The SMILES string of the molecule is CCc1ccc(S(=O)(=O)Nc2ccc(-c3cn4cccnc4n3)cc2)s1. The first-order valence-corrected chi connectivity index (χ1v) is 10.4. The second-order valence-electron chi connectivity index (χ2n) is 5.71. The summed E-state index contributed by atoms with van der Waals surface area (Å²) >= 11 is 1.29. The van der Waals surface area contributed by atoms with Crippen LogP contribution in [0.4, 0.5) is 5.69 Å². The van der Waals surface area contributed by atoms with E-state index < -0.39 is 10.0 Å². The van der Waals surface area contributed by atoms with Crippen LogP contribution >= 0.6 is 11.3 Å². The number of imidazole rings is 1. The summed E-state index contributed by atoms with van der Waals surface area (Å²) in [6.07, 6.45) is 6.29. The van der Waals surface area contributed by atoms with Crippen molar-refractivity contribution in [3.63, 3.8) is 0 Å². The summed E-state index contributed by atoms with van der Waals surface area (Å²) in [5.74, 6) is 0.622. The molecule has 8 heteroatoms. The molecule has 4 rings (SSSR count). The third-order valence-electron chi connectivity index (χ3n) is 3.92. The van der Waals surface area contributed by atoms with Gasteiger partial charge in [0, 0.05) is 34.7 Å². The lowest BCUT2D eigenvalue weighted by Gasteiger charge is -2.06. The maximum absolute atomic E-state index is 12.5. The lowest BCUT2D eigenvalue weighted by Crippen LogP contribution is -2.11. The van der Waals surface area contributed by atoms with Gasteiger partial charge in [0.25, 0.3) is 10.0 Å². The minimum absolute atomic E-state index is 0.324. The number of sulfonamides is 1. The predicted octanol–water partition coefficient (Wildman–Crippen LogP) is 3.82. The zero-order chi connectivity index (χ0) is 18.1. The Hall–Kier alpha value is -2.71. The van der Waals surface area contributed by atoms with E-state index in [1.54, 1.807) is 24.4 Å². The number of anilines is 1. The van der Waals surface area contributed by atoms with Crippen LogP contribution in [0.15, 0.2) is 65.3 Å². The lowest BCUT2D eigenvalue weighted by atomic mass is 10.1. The molecule has 6 nitrogen and oxygen atoms in total. The van der Waals surface area contributed by atoms with Gasteiger partial charge in [-0.2, -0.15) is 0 Å². The van der Waals surface area contributed by atoms with Gasteiger partial charge in [-0.3, -0.25) is 9.12 Å². The molecule has 3 heterocycles. The van der Waals surface area contributed by atoms with Crippen LogP contribution in [0.5, 0.6) is 0 Å². The van der Waals surface area contributed by atoms with Crippen molar-refractivity contribution in [1.82, 2.24) is 14.4 Å². The summed E-state index contributed by atoms with van der Waals surface area (Å²) in [7, 11) is -3.56. The Morgan fingerprint density at radius 1 is 1.15 bits per heavy atom. The first-order chi connectivity index (χ1) is 12.5. The van der Waals surface area contributed by atoms with Gasteiger partial charge in [0.1, 0.15) is 4.21 Å². The highest BCUT2D eigenvalue weighted by Crippen LogP contribution is 2.26. The van der Waals surface area contributed by atoms with Gasteiger partial charge in [-0.15, -0.1) is 11.3 Å². The molecule has 132 valence electrons. The predicted molar refractivity (Wildman–Crippen MR) is 103 cm³/mol. The highest BCUT2D eigenvalue weighted by molar-refractivity contribution is 7.94. The van der Waals surface area contributed by atoms with Crippen LogP contribution in [0, 0.1) is 0 Å². The molecule has 0 saturated carbocycles. The second-order valence-corrected chi connectivity index (χ2v) is 8.79. The van der Waals surface area contributed by atoms with Crippen LogP contribution in [0.1, 0.15) is 11.8 Å². The number of benzene rings is 1. The van der Waals surface area contributed by atoms with Crippen LogP contribution in [0.25, 0.3) is 17.0 Å². The van der Waals surface area contributed by atoms with Crippen LogP contribution in [-0.4, -0.2) is 22.8 Å². The molecule has 0 aliphatic carbocycles. The van der Waals surface area contributed by atoms with Crippen molar-refractivity contribution >= 4 is 32.8 Å². The Morgan fingerprint density at radius 2 is 1.96 bits per heavy atom. The van der Waals surface area contributed by atoms with E-state index >= 15 is 0 Å². The molecule has 0 bridgehead atoms. The minimum Gasteiger partial charge on any atom is -0.291 e. The first-order valence-electron chi connectivity index (χ1n) is 8.07. The van der Waals surface area contributed by atoms with Gasteiger partial charge in [0.15, 0.2) is 0 Å². The van der Waals surface area contributed by atoms with Gasteiger partial charge in [0.2, 0.25) is 5.78 Å². The molecule has 4 aromatic rings. The molecule has 0 spiro atoms. The van der Waals surface area contributed by atoms with Crippen molar-refractivity contribution in [2.75, 3.05) is 4.72 Å². The largest absolute Gasteiger partial charge is 0.291 e. The first kappa shape index (κ1) is 16.7. The Bertz CT molecular complexity index is 1130. The van der Waals surface area contributed by atoms with Crippen LogP contribution in [0.3, 0.4) is 0 Å². The summed E-state index contributed by atoms with van der Waals surface area (Å²) in [5.41, 5.74) is 2.19. The van der Waals surface area contributed by atoms with Crippen molar-refractivity contribution in [2.45, 2.75) is 17.6 Å². The monoisotopic (exact) mass is 384 g/mol. The summed E-state index contributed by atoms with van der Waals surface area (Å²) in [6, 6.07) is 12.5. The maximum Gasteiger partial charge on any atom is 0.271 e. The summed E-state index contributed by atoms with van der Waals surface area (Å²) in [6.45, 7) is 2.00. The van der Waals surface area contributed by atoms with Crippen molar-refractivity contribution in [1.29, 1.82) is 0 Å². The van der Waals surface area contributed by atoms with Gasteiger partial charge in [0.05, 0.1) is 5.69 Å². The van der Waals surface area contributed by atoms with E-state index in [0.717, 1.165) is 22.6 Å². The average Bonchev–Trinajstić information content (AvgIpc) is 3.29. The van der Waals surface area contributed by atoms with E-state index in [-0.39, 0.29) is 0 Å². The Balaban J connectivity index is 1.57. The van der Waals surface area contributed by atoms with Crippen molar-refractivity contribution in [3.8, 4) is 11.3 Å². The number of hydrogen-bond donors (Lipinski definition) is 1. The highest BCUT2D eigenvalue weighted by Gasteiger charge is 2.16. The number of aryl methyl sites for hydroxylation is 1. The highest BCUT2D eigenvalue weighted by atomic mass is 32.2. The quantitative estimate of drug-likeness (QED) is 0.567. The second kappa shape index (κ2) is 6.54. The Kier molecular flexibility index (Phi) is 4.21. The third kappa shape index (κ3) is 3.21. The summed E-state index contributed by atoms with van der Waals surface area (Å²) in [4.78, 5) is 9.70. The molecule has 0 unspecified atom stereocenters. The minimum atomic E-state index is -3.56. The molecule has 1 N–H and O–H groups in total. The Labute approximate surface area is 155 Å². The van der Waals surface area contributed by atoms with E-state index in [4.69, 9.17) is 0 Å². The van der Waals surface area contributed by atoms with Crippen molar-refractivity contribution < 1.29 is 8.42 Å². The molecule has 0 aliphatic heterocycles. The third-order valence-corrected chi connectivity index (χ3v) is 7.02. The molecular formula is C18H16N4O2S2. The molecule has 0 aliphatic rings. The Morgan fingerprint density at radius 3 is 2.65 bits per heavy atom. The van der Waals surface area contributed by atoms with Gasteiger partial charge in [-0.05, 0) is 36.8 Å². The standard InChI is InChI=1S/C18H16N4O2S2/c1-2-15-8-9-17(25-15)26(23,24)21-14-6-4-13(5-7-14)16-12-22-11-3-10-19-18(22)20-16/h3-12,21H,2H2,1H3. The molecule has 1 aromatic carbocycles. The lowest BCUT2D eigenvalue weighted by molar-refractivity contribution is 0.603. The van der Waals surface area contributed by atoms with Crippen molar-refractivity contribution in [3.05, 3.63) is 65.9 Å². The molecule has 3 aromatic heterocycles. The van der Waals surface area contributed by atoms with E-state index in [2.05, 4.69) is 14.7 Å². The molecule has 0 amide bonds. The molecule has 0 fully saturated rings. The number of fused-ring (bicyclic) bond motifs is 1. The van der Waals surface area contributed by atoms with Crippen LogP contribution in [-0.2, 0) is 16.4 Å². The normalized spacial score (nSPS) is 11.7. The van der Waals surface area contributed by atoms with E-state index in [0.29, 0.717) is 15.7 Å². The van der Waals surface area contributed by atoms with E-state index in [9.17, 15) is 8.42 Å². The summed E-state index contributed by atoms with van der Waals surface area (Å²) < 4.78 is 29.7. The number of rotatable bonds is 5. The number of hydrogen-bond acceptors (Lipinski definition) is 5. The fourth-order valence-corrected chi connectivity index (χ4v) is 4.93. The molecule has 0 atom stereocenters. The average molecular weight is 384 g/mol. The summed E-state index contributed by atoms with van der Waals surface area (Å²) in [5, 5.41) is 0. The fourth-order valence-electron chi connectivity index (χ4n) is 2.58.